The summed E-state index contributed by atoms with van der Waals surface area (Å²) in [5.41, 5.74) is 1.80. The van der Waals surface area contributed by atoms with E-state index in [1.807, 2.05) is 0 Å². The van der Waals surface area contributed by atoms with Crippen molar-refractivity contribution in [2.75, 3.05) is 0 Å². The van der Waals surface area contributed by atoms with Gasteiger partial charge >= 0.3 is 0 Å². The Morgan fingerprint density at radius 1 is 1.17 bits per heavy atom. The molecule has 1 amide bonds. The van der Waals surface area contributed by atoms with Gasteiger partial charge in [0.05, 0.1) is 4.88 Å². The topological polar surface area (TPSA) is 29.1 Å². The van der Waals surface area contributed by atoms with E-state index in [9.17, 15) is 4.79 Å². The first-order valence-electron chi connectivity index (χ1n) is 9.25. The van der Waals surface area contributed by atoms with Crippen molar-refractivity contribution in [3.05, 3.63) is 21.4 Å². The molecule has 0 unspecified atom stereocenters. The number of carbonyl (C=O) groups excluding carboxylic acids is 1. The first-order chi connectivity index (χ1) is 10.8. The van der Waals surface area contributed by atoms with Gasteiger partial charge < -0.3 is 5.32 Å². The van der Waals surface area contributed by atoms with Crippen molar-refractivity contribution in [1.29, 1.82) is 0 Å². The normalized spacial score (nSPS) is 28.3. The van der Waals surface area contributed by atoms with E-state index >= 15 is 0 Å². The van der Waals surface area contributed by atoms with Crippen molar-refractivity contribution in [3.8, 4) is 0 Å². The second-order valence-electron chi connectivity index (χ2n) is 8.80. The molecule has 1 fully saturated rings. The third-order valence-electron chi connectivity index (χ3n) is 5.88. The fourth-order valence-corrected chi connectivity index (χ4v) is 5.15. The van der Waals surface area contributed by atoms with Gasteiger partial charge in [-0.3, -0.25) is 4.79 Å². The molecule has 0 aliphatic heterocycles. The Kier molecular flexibility index (Phi) is 4.87. The second kappa shape index (κ2) is 6.58. The van der Waals surface area contributed by atoms with E-state index in [1.54, 1.807) is 11.3 Å². The molecule has 1 aromatic rings. The standard InChI is InChI=1S/C20H31NOS/c1-13-5-8-16(9-6-13)21-19(22)18-12-14-11-15(20(2,3)4)7-10-17(14)23-18/h12-13,15-16H,5-11H2,1-4H3,(H,21,22)/t13?,15-,16?/m1/s1. The van der Waals surface area contributed by atoms with Gasteiger partial charge in [-0.25, -0.2) is 0 Å². The zero-order valence-electron chi connectivity index (χ0n) is 15.1. The minimum absolute atomic E-state index is 0.163. The molecule has 2 aliphatic carbocycles. The van der Waals surface area contributed by atoms with Gasteiger partial charge in [0, 0.05) is 10.9 Å². The molecule has 1 aromatic heterocycles. The number of carbonyl (C=O) groups is 1. The van der Waals surface area contributed by atoms with Crippen molar-refractivity contribution in [2.45, 2.75) is 78.7 Å². The predicted octanol–water partition coefficient (Wildman–Crippen LogP) is 5.21. The maximum Gasteiger partial charge on any atom is 0.261 e. The van der Waals surface area contributed by atoms with Crippen LogP contribution in [0.15, 0.2) is 6.07 Å². The Bertz CT molecular complexity index is 561. The molecule has 2 nitrogen and oxygen atoms in total. The summed E-state index contributed by atoms with van der Waals surface area (Å²) in [6.07, 6.45) is 8.34. The van der Waals surface area contributed by atoms with Gasteiger partial charge in [0.15, 0.2) is 0 Å². The Morgan fingerprint density at radius 2 is 1.87 bits per heavy atom. The van der Waals surface area contributed by atoms with Crippen molar-refractivity contribution < 1.29 is 4.79 Å². The summed E-state index contributed by atoms with van der Waals surface area (Å²) in [7, 11) is 0. The van der Waals surface area contributed by atoms with Gasteiger partial charge in [-0.15, -0.1) is 11.3 Å². The molecule has 1 heterocycles. The summed E-state index contributed by atoms with van der Waals surface area (Å²) in [5, 5.41) is 3.28. The van der Waals surface area contributed by atoms with Crippen LogP contribution in [0.25, 0.3) is 0 Å². The molecular weight excluding hydrogens is 302 g/mol. The number of fused-ring (bicyclic) bond motifs is 1. The molecule has 0 aromatic carbocycles. The zero-order chi connectivity index (χ0) is 16.6. The number of amides is 1. The number of hydrogen-bond donors (Lipinski definition) is 1. The first-order valence-corrected chi connectivity index (χ1v) is 10.1. The quantitative estimate of drug-likeness (QED) is 0.791. The Labute approximate surface area is 145 Å². The highest BCUT2D eigenvalue weighted by atomic mass is 32.1. The Hall–Kier alpha value is -0.830. The molecule has 1 N–H and O–H groups in total. The van der Waals surface area contributed by atoms with E-state index in [4.69, 9.17) is 0 Å². The van der Waals surface area contributed by atoms with Crippen molar-refractivity contribution in [3.63, 3.8) is 0 Å². The van der Waals surface area contributed by atoms with E-state index in [-0.39, 0.29) is 5.91 Å². The molecule has 1 atom stereocenters. The van der Waals surface area contributed by atoms with Crippen LogP contribution in [0.1, 0.15) is 79.9 Å². The molecular formula is C20H31NOS. The minimum atomic E-state index is 0.163. The fourth-order valence-electron chi connectivity index (χ4n) is 4.04. The van der Waals surface area contributed by atoms with E-state index in [0.717, 1.165) is 42.4 Å². The van der Waals surface area contributed by atoms with E-state index < -0.39 is 0 Å². The summed E-state index contributed by atoms with van der Waals surface area (Å²) in [6.45, 7) is 9.34. The van der Waals surface area contributed by atoms with Crippen LogP contribution in [0.5, 0.6) is 0 Å². The average molecular weight is 334 g/mol. The van der Waals surface area contributed by atoms with E-state index in [1.165, 1.54) is 29.7 Å². The second-order valence-corrected chi connectivity index (χ2v) is 9.93. The van der Waals surface area contributed by atoms with Gasteiger partial charge in [-0.05, 0) is 73.8 Å². The lowest BCUT2D eigenvalue weighted by molar-refractivity contribution is 0.0927. The molecule has 1 saturated carbocycles. The lowest BCUT2D eigenvalue weighted by Crippen LogP contribution is -2.36. The summed E-state index contributed by atoms with van der Waals surface area (Å²) >= 11 is 1.73. The van der Waals surface area contributed by atoms with Gasteiger partial charge in [-0.2, -0.15) is 0 Å². The van der Waals surface area contributed by atoms with E-state index in [2.05, 4.69) is 39.1 Å². The Morgan fingerprint density at radius 3 is 2.52 bits per heavy atom. The average Bonchev–Trinajstić information content (AvgIpc) is 2.92. The zero-order valence-corrected chi connectivity index (χ0v) is 15.9. The van der Waals surface area contributed by atoms with Crippen molar-refractivity contribution >= 4 is 17.2 Å². The molecule has 23 heavy (non-hydrogen) atoms. The van der Waals surface area contributed by atoms with Gasteiger partial charge in [0.2, 0.25) is 0 Å². The maximum atomic E-state index is 12.6. The van der Waals surface area contributed by atoms with Crippen LogP contribution in [0.3, 0.4) is 0 Å². The van der Waals surface area contributed by atoms with Crippen LogP contribution >= 0.6 is 11.3 Å². The highest BCUT2D eigenvalue weighted by Crippen LogP contribution is 2.40. The first kappa shape index (κ1) is 17.0. The van der Waals surface area contributed by atoms with Crippen LogP contribution < -0.4 is 5.32 Å². The number of nitrogens with one attached hydrogen (secondary N) is 1. The molecule has 0 bridgehead atoms. The molecule has 128 valence electrons. The lowest BCUT2D eigenvalue weighted by atomic mass is 9.72. The van der Waals surface area contributed by atoms with Crippen LogP contribution in [0, 0.1) is 17.3 Å². The van der Waals surface area contributed by atoms with Crippen LogP contribution in [-0.2, 0) is 12.8 Å². The predicted molar refractivity (Wildman–Crippen MR) is 98.2 cm³/mol. The van der Waals surface area contributed by atoms with Gasteiger partial charge in [0.1, 0.15) is 0 Å². The highest BCUT2D eigenvalue weighted by Gasteiger charge is 2.30. The monoisotopic (exact) mass is 333 g/mol. The molecule has 0 radical (unpaired) electrons. The van der Waals surface area contributed by atoms with Gasteiger partial charge in [0.25, 0.3) is 5.91 Å². The van der Waals surface area contributed by atoms with Crippen LogP contribution in [0.2, 0.25) is 0 Å². The Balaban J connectivity index is 1.64. The summed E-state index contributed by atoms with van der Waals surface area (Å²) in [5.74, 6) is 1.73. The molecule has 3 heteroatoms. The van der Waals surface area contributed by atoms with E-state index in [0.29, 0.717) is 11.5 Å². The van der Waals surface area contributed by atoms with Crippen molar-refractivity contribution in [1.82, 2.24) is 5.32 Å². The molecule has 2 aliphatic rings. The summed E-state index contributed by atoms with van der Waals surface area (Å²) in [6, 6.07) is 2.57. The third kappa shape index (κ3) is 3.99. The van der Waals surface area contributed by atoms with Crippen LogP contribution in [-0.4, -0.2) is 11.9 Å². The largest absolute Gasteiger partial charge is 0.349 e. The minimum Gasteiger partial charge on any atom is -0.349 e. The van der Waals surface area contributed by atoms with Gasteiger partial charge in [-0.1, -0.05) is 27.7 Å². The number of rotatable bonds is 2. The molecule has 3 rings (SSSR count). The SMILES string of the molecule is CC1CCC(NC(=O)c2cc3c(s2)CC[C@@H](C(C)(C)C)C3)CC1. The number of hydrogen-bond acceptors (Lipinski definition) is 2. The summed E-state index contributed by atoms with van der Waals surface area (Å²) < 4.78 is 0. The number of aryl methyl sites for hydroxylation is 1. The molecule has 0 saturated heterocycles. The smallest absolute Gasteiger partial charge is 0.261 e. The van der Waals surface area contributed by atoms with Crippen molar-refractivity contribution in [2.24, 2.45) is 17.3 Å². The summed E-state index contributed by atoms with van der Waals surface area (Å²) in [4.78, 5) is 15.0. The fraction of sp³-hybridized carbons (Fsp3) is 0.750. The molecule has 0 spiro atoms. The highest BCUT2D eigenvalue weighted by molar-refractivity contribution is 7.14. The third-order valence-corrected chi connectivity index (χ3v) is 7.12. The maximum absolute atomic E-state index is 12.6. The number of thiophene rings is 1. The van der Waals surface area contributed by atoms with Crippen LogP contribution in [0.4, 0.5) is 0 Å². The lowest BCUT2D eigenvalue weighted by Gasteiger charge is -2.33.